The van der Waals surface area contributed by atoms with Gasteiger partial charge in [0, 0.05) is 13.1 Å². The monoisotopic (exact) mass is 233 g/mol. The summed E-state index contributed by atoms with van der Waals surface area (Å²) in [6.45, 7) is 5.44. The molecule has 0 saturated heterocycles. The van der Waals surface area contributed by atoms with Gasteiger partial charge in [-0.1, -0.05) is 35.2 Å². The van der Waals surface area contributed by atoms with Crippen LogP contribution in [0, 0.1) is 6.07 Å². The van der Waals surface area contributed by atoms with Gasteiger partial charge in [0.05, 0.1) is 0 Å². The average molecular weight is 233 g/mol. The van der Waals surface area contributed by atoms with Crippen LogP contribution < -0.4 is 18.9 Å². The molecule has 0 bridgehead atoms. The first-order chi connectivity index (χ1) is 8.27. The molecule has 0 aliphatic heterocycles. The van der Waals surface area contributed by atoms with Gasteiger partial charge < -0.3 is 9.69 Å². The van der Waals surface area contributed by atoms with Crippen LogP contribution in [0.5, 0.6) is 0 Å². The summed E-state index contributed by atoms with van der Waals surface area (Å²) in [5, 5.41) is 2.06. The molecule has 18 heavy (non-hydrogen) atoms. The molecular formula is C15H16LiNO. The Morgan fingerprint density at radius 2 is 1.83 bits per heavy atom. The minimum absolute atomic E-state index is 0. The van der Waals surface area contributed by atoms with Crippen molar-refractivity contribution in [2.75, 3.05) is 13.1 Å². The van der Waals surface area contributed by atoms with Crippen LogP contribution in [0.4, 0.5) is 0 Å². The maximum absolute atomic E-state index is 12.3. The summed E-state index contributed by atoms with van der Waals surface area (Å²) in [5.41, 5.74) is 0.673. The van der Waals surface area contributed by atoms with E-state index in [0.29, 0.717) is 5.56 Å². The molecule has 0 N–H and O–H groups in total. The third kappa shape index (κ3) is 2.77. The van der Waals surface area contributed by atoms with Gasteiger partial charge in [0.1, 0.15) is 0 Å². The van der Waals surface area contributed by atoms with Crippen molar-refractivity contribution >= 4 is 16.7 Å². The summed E-state index contributed by atoms with van der Waals surface area (Å²) in [5.74, 6) is 0.0619. The van der Waals surface area contributed by atoms with Crippen molar-refractivity contribution in [3.05, 3.63) is 48.0 Å². The number of carbonyl (C=O) groups excluding carboxylic acids is 1. The zero-order chi connectivity index (χ0) is 12.3. The normalized spacial score (nSPS) is 9.89. The third-order valence-corrected chi connectivity index (χ3v) is 2.99. The van der Waals surface area contributed by atoms with Gasteiger partial charge >= 0.3 is 18.9 Å². The van der Waals surface area contributed by atoms with Crippen LogP contribution in [0.3, 0.4) is 0 Å². The molecule has 0 heterocycles. The zero-order valence-corrected chi connectivity index (χ0v) is 11.2. The maximum atomic E-state index is 12.3. The third-order valence-electron chi connectivity index (χ3n) is 2.99. The molecule has 2 aromatic rings. The van der Waals surface area contributed by atoms with Gasteiger partial charge in [-0.3, -0.25) is 0 Å². The van der Waals surface area contributed by atoms with Crippen molar-refractivity contribution < 1.29 is 23.7 Å². The Labute approximate surface area is 120 Å². The minimum atomic E-state index is 0. The number of amides is 1. The van der Waals surface area contributed by atoms with E-state index in [1.165, 1.54) is 0 Å². The second kappa shape index (κ2) is 6.63. The van der Waals surface area contributed by atoms with E-state index in [0.717, 1.165) is 23.9 Å². The zero-order valence-electron chi connectivity index (χ0n) is 11.2. The van der Waals surface area contributed by atoms with E-state index in [4.69, 9.17) is 0 Å². The quantitative estimate of drug-likeness (QED) is 0.545. The number of carbonyl (C=O) groups is 1. The molecule has 0 spiro atoms. The Balaban J connectivity index is 0.00000162. The number of nitrogens with zero attached hydrogens (tertiary/aromatic N) is 1. The summed E-state index contributed by atoms with van der Waals surface area (Å²) < 4.78 is 0. The van der Waals surface area contributed by atoms with E-state index in [-0.39, 0.29) is 24.8 Å². The first-order valence-corrected chi connectivity index (χ1v) is 5.96. The van der Waals surface area contributed by atoms with Crippen molar-refractivity contribution in [3.63, 3.8) is 0 Å². The molecule has 0 fully saturated rings. The number of hydrogen-bond acceptors (Lipinski definition) is 1. The SMILES string of the molecule is CCN(CC)C(=O)c1[c-]ccc2ccccc12.[Li+]. The molecule has 2 aromatic carbocycles. The largest absolute Gasteiger partial charge is 1.00 e. The fraction of sp³-hybridized carbons (Fsp3) is 0.267. The second-order valence-corrected chi connectivity index (χ2v) is 3.92. The van der Waals surface area contributed by atoms with Crippen molar-refractivity contribution in [1.29, 1.82) is 0 Å². The molecule has 2 rings (SSSR count). The molecular weight excluding hydrogens is 217 g/mol. The van der Waals surface area contributed by atoms with Crippen molar-refractivity contribution in [3.8, 4) is 0 Å². The van der Waals surface area contributed by atoms with E-state index in [1.54, 1.807) is 0 Å². The molecule has 1 amide bonds. The van der Waals surface area contributed by atoms with E-state index < -0.39 is 0 Å². The van der Waals surface area contributed by atoms with Crippen LogP contribution in [0.1, 0.15) is 24.2 Å². The predicted molar refractivity (Wildman–Crippen MR) is 70.0 cm³/mol. The molecule has 0 radical (unpaired) electrons. The molecule has 0 aromatic heterocycles. The van der Waals surface area contributed by atoms with Gasteiger partial charge in [0.15, 0.2) is 5.91 Å². The predicted octanol–water partition coefficient (Wildman–Crippen LogP) is 0.126. The van der Waals surface area contributed by atoms with E-state index in [2.05, 4.69) is 6.07 Å². The van der Waals surface area contributed by atoms with Gasteiger partial charge in [0.2, 0.25) is 0 Å². The van der Waals surface area contributed by atoms with Crippen LogP contribution in [0.2, 0.25) is 0 Å². The number of fused-ring (bicyclic) bond motifs is 1. The van der Waals surface area contributed by atoms with Gasteiger partial charge in [-0.15, -0.1) is 23.6 Å². The molecule has 0 atom stereocenters. The molecule has 2 nitrogen and oxygen atoms in total. The average Bonchev–Trinajstić information content (AvgIpc) is 2.39. The van der Waals surface area contributed by atoms with Gasteiger partial charge in [-0.25, -0.2) is 0 Å². The first-order valence-electron chi connectivity index (χ1n) is 5.96. The van der Waals surface area contributed by atoms with Gasteiger partial charge in [-0.05, 0) is 13.8 Å². The Morgan fingerprint density at radius 3 is 2.50 bits per heavy atom. The van der Waals surface area contributed by atoms with E-state index in [9.17, 15) is 4.79 Å². The van der Waals surface area contributed by atoms with Crippen LogP contribution in [0.15, 0.2) is 36.4 Å². The molecule has 0 aliphatic carbocycles. The summed E-state index contributed by atoms with van der Waals surface area (Å²) in [4.78, 5) is 14.1. The van der Waals surface area contributed by atoms with E-state index in [1.807, 2.05) is 55.1 Å². The maximum Gasteiger partial charge on any atom is 1.00 e. The van der Waals surface area contributed by atoms with Crippen molar-refractivity contribution in [1.82, 2.24) is 4.90 Å². The smallest absolute Gasteiger partial charge is 0.379 e. The van der Waals surface area contributed by atoms with Crippen molar-refractivity contribution in [2.24, 2.45) is 0 Å². The van der Waals surface area contributed by atoms with Crippen LogP contribution in [-0.4, -0.2) is 23.9 Å². The topological polar surface area (TPSA) is 20.3 Å². The first kappa shape index (κ1) is 14.8. The second-order valence-electron chi connectivity index (χ2n) is 3.92. The summed E-state index contributed by atoms with van der Waals surface area (Å²) in [7, 11) is 0. The molecule has 3 heteroatoms. The molecule has 88 valence electrons. The summed E-state index contributed by atoms with van der Waals surface area (Å²) in [6, 6.07) is 14.8. The minimum Gasteiger partial charge on any atom is -0.379 e. The van der Waals surface area contributed by atoms with E-state index >= 15 is 0 Å². The van der Waals surface area contributed by atoms with Crippen molar-refractivity contribution in [2.45, 2.75) is 13.8 Å². The standard InChI is InChI=1S/C15H16NO.Li/c1-3-16(4-2)15(17)14-11-7-9-12-8-5-6-10-13(12)14;/h5-10H,3-4H2,1-2H3;/q-1;+1. The number of hydrogen-bond donors (Lipinski definition) is 0. The summed E-state index contributed by atoms with van der Waals surface area (Å²) >= 11 is 0. The fourth-order valence-electron chi connectivity index (χ4n) is 2.01. The van der Waals surface area contributed by atoms with Crippen LogP contribution in [-0.2, 0) is 0 Å². The summed E-state index contributed by atoms with van der Waals surface area (Å²) in [6.07, 6.45) is 0. The molecule has 0 unspecified atom stereocenters. The van der Waals surface area contributed by atoms with Gasteiger partial charge in [-0.2, -0.15) is 0 Å². The molecule has 0 saturated carbocycles. The Hall–Kier alpha value is -1.23. The van der Waals surface area contributed by atoms with Crippen LogP contribution >= 0.6 is 0 Å². The molecule has 0 aliphatic rings. The Morgan fingerprint density at radius 1 is 1.17 bits per heavy atom. The van der Waals surface area contributed by atoms with Crippen LogP contribution in [0.25, 0.3) is 10.8 Å². The Kier molecular flexibility index (Phi) is 5.46. The number of rotatable bonds is 3. The number of benzene rings is 2. The Bertz CT molecular complexity index is 530. The fourth-order valence-corrected chi connectivity index (χ4v) is 2.01. The van der Waals surface area contributed by atoms with Gasteiger partial charge in [0.25, 0.3) is 0 Å².